The van der Waals surface area contributed by atoms with Crippen molar-refractivity contribution in [2.45, 2.75) is 6.42 Å². The second kappa shape index (κ2) is 6.31. The number of benzene rings is 1. The number of amides is 1. The summed E-state index contributed by atoms with van der Waals surface area (Å²) < 4.78 is 1.45. The maximum absolute atomic E-state index is 11.7. The highest BCUT2D eigenvalue weighted by molar-refractivity contribution is 6.32. The summed E-state index contributed by atoms with van der Waals surface area (Å²) in [6.45, 7) is 0.431. The highest BCUT2D eigenvalue weighted by atomic mass is 35.5. The predicted octanol–water partition coefficient (Wildman–Crippen LogP) is 1.03. The number of nitrogens with zero attached hydrogens (tertiary/aromatic N) is 3. The Morgan fingerprint density at radius 3 is 2.95 bits per heavy atom. The molecule has 1 heterocycles. The number of hydrogen-bond acceptors (Lipinski definition) is 4. The molecule has 0 aliphatic rings. The van der Waals surface area contributed by atoms with Crippen LogP contribution < -0.4 is 5.32 Å². The zero-order chi connectivity index (χ0) is 13.7. The fourth-order valence-corrected chi connectivity index (χ4v) is 1.72. The van der Waals surface area contributed by atoms with Gasteiger partial charge in [0.25, 0.3) is 5.91 Å². The lowest BCUT2D eigenvalue weighted by Gasteiger charge is -2.01. The molecule has 100 valence electrons. The molecule has 2 rings (SSSR count). The molecule has 0 aliphatic heterocycles. The van der Waals surface area contributed by atoms with Crippen LogP contribution in [0.5, 0.6) is 0 Å². The van der Waals surface area contributed by atoms with Crippen LogP contribution in [0.4, 0.5) is 0 Å². The lowest BCUT2D eigenvalue weighted by molar-refractivity contribution is 0.0946. The van der Waals surface area contributed by atoms with Gasteiger partial charge in [0.2, 0.25) is 0 Å². The molecule has 2 N–H and O–H groups in total. The van der Waals surface area contributed by atoms with Crippen LogP contribution in [0.25, 0.3) is 5.69 Å². The molecule has 0 unspecified atom stereocenters. The average molecular weight is 281 g/mol. The minimum Gasteiger partial charge on any atom is -0.396 e. The average Bonchev–Trinajstić information content (AvgIpc) is 2.89. The highest BCUT2D eigenvalue weighted by Crippen LogP contribution is 2.18. The summed E-state index contributed by atoms with van der Waals surface area (Å²) in [7, 11) is 0. The smallest absolute Gasteiger partial charge is 0.273 e. The van der Waals surface area contributed by atoms with Crippen LogP contribution in [0.1, 0.15) is 16.9 Å². The molecular weight excluding hydrogens is 268 g/mol. The third-order valence-electron chi connectivity index (χ3n) is 2.45. The topological polar surface area (TPSA) is 80.0 Å². The fraction of sp³-hybridized carbons (Fsp3) is 0.250. The molecule has 0 saturated heterocycles. The Morgan fingerprint density at radius 2 is 2.21 bits per heavy atom. The van der Waals surface area contributed by atoms with Gasteiger partial charge in [-0.2, -0.15) is 0 Å². The quantitative estimate of drug-likeness (QED) is 0.802. The first-order chi connectivity index (χ1) is 9.22. The van der Waals surface area contributed by atoms with Gasteiger partial charge in [0.05, 0.1) is 16.9 Å². The third kappa shape index (κ3) is 3.30. The SMILES string of the molecule is O=C(NCCCO)c1cn(-c2ccccc2Cl)nn1. The van der Waals surface area contributed by atoms with Crippen LogP contribution in [0.15, 0.2) is 30.5 Å². The van der Waals surface area contributed by atoms with E-state index in [1.807, 2.05) is 12.1 Å². The van der Waals surface area contributed by atoms with E-state index in [0.717, 1.165) is 0 Å². The molecule has 0 radical (unpaired) electrons. The van der Waals surface area contributed by atoms with Crippen LogP contribution in [-0.4, -0.2) is 39.2 Å². The van der Waals surface area contributed by atoms with Gasteiger partial charge in [0.1, 0.15) is 0 Å². The third-order valence-corrected chi connectivity index (χ3v) is 2.77. The van der Waals surface area contributed by atoms with Crippen molar-refractivity contribution in [3.8, 4) is 5.69 Å². The van der Waals surface area contributed by atoms with Gasteiger partial charge >= 0.3 is 0 Å². The minimum atomic E-state index is -0.327. The Morgan fingerprint density at radius 1 is 1.42 bits per heavy atom. The molecule has 1 aromatic heterocycles. The molecule has 1 amide bonds. The maximum atomic E-state index is 11.7. The van der Waals surface area contributed by atoms with Crippen LogP contribution in [0.3, 0.4) is 0 Å². The Labute approximate surface area is 115 Å². The second-order valence-corrected chi connectivity index (χ2v) is 4.24. The van der Waals surface area contributed by atoms with Gasteiger partial charge in [-0.05, 0) is 18.6 Å². The predicted molar refractivity (Wildman–Crippen MR) is 70.4 cm³/mol. The van der Waals surface area contributed by atoms with Gasteiger partial charge in [0.15, 0.2) is 5.69 Å². The van der Waals surface area contributed by atoms with Gasteiger partial charge < -0.3 is 10.4 Å². The molecule has 0 aliphatic carbocycles. The number of rotatable bonds is 5. The standard InChI is InChI=1S/C12H13ClN4O2/c13-9-4-1-2-5-11(9)17-8-10(15-16-17)12(19)14-6-3-7-18/h1-2,4-5,8,18H,3,6-7H2,(H,14,19). The van der Waals surface area contributed by atoms with Crippen LogP contribution in [-0.2, 0) is 0 Å². The second-order valence-electron chi connectivity index (χ2n) is 3.83. The number of aliphatic hydroxyl groups excluding tert-OH is 1. The molecule has 0 spiro atoms. The van der Waals surface area contributed by atoms with Crippen molar-refractivity contribution in [2.24, 2.45) is 0 Å². The molecule has 6 nitrogen and oxygen atoms in total. The summed E-state index contributed by atoms with van der Waals surface area (Å²) in [6.07, 6.45) is 2.01. The monoisotopic (exact) mass is 280 g/mol. The van der Waals surface area contributed by atoms with Crippen molar-refractivity contribution < 1.29 is 9.90 Å². The van der Waals surface area contributed by atoms with Gasteiger partial charge in [-0.3, -0.25) is 4.79 Å². The van der Waals surface area contributed by atoms with Crippen LogP contribution in [0, 0.1) is 0 Å². The van der Waals surface area contributed by atoms with Crippen molar-refractivity contribution in [1.29, 1.82) is 0 Å². The van der Waals surface area contributed by atoms with Crippen molar-refractivity contribution in [3.63, 3.8) is 0 Å². The number of para-hydroxylation sites is 1. The first-order valence-electron chi connectivity index (χ1n) is 5.78. The number of aliphatic hydroxyl groups is 1. The van der Waals surface area contributed by atoms with Crippen LogP contribution >= 0.6 is 11.6 Å². The minimum absolute atomic E-state index is 0.0343. The van der Waals surface area contributed by atoms with Crippen LogP contribution in [0.2, 0.25) is 5.02 Å². The number of hydrogen-bond donors (Lipinski definition) is 2. The van der Waals surface area contributed by atoms with Crippen molar-refractivity contribution in [2.75, 3.05) is 13.2 Å². The van der Waals surface area contributed by atoms with E-state index < -0.39 is 0 Å². The molecular formula is C12H13ClN4O2. The largest absolute Gasteiger partial charge is 0.396 e. The fourth-order valence-electron chi connectivity index (χ4n) is 1.49. The Hall–Kier alpha value is -1.92. The molecule has 19 heavy (non-hydrogen) atoms. The van der Waals surface area contributed by atoms with Gasteiger partial charge in [-0.25, -0.2) is 4.68 Å². The molecule has 0 bridgehead atoms. The van der Waals surface area contributed by atoms with Crippen molar-refractivity contribution in [3.05, 3.63) is 41.2 Å². The number of nitrogens with one attached hydrogen (secondary N) is 1. The summed E-state index contributed by atoms with van der Waals surface area (Å²) in [5.41, 5.74) is 0.865. The Kier molecular flexibility index (Phi) is 4.48. The summed E-state index contributed by atoms with van der Waals surface area (Å²) in [5.74, 6) is -0.327. The van der Waals surface area contributed by atoms with Crippen molar-refractivity contribution in [1.82, 2.24) is 20.3 Å². The summed E-state index contributed by atoms with van der Waals surface area (Å²) in [5, 5.41) is 19.5. The molecule has 7 heteroatoms. The van der Waals surface area contributed by atoms with Crippen molar-refractivity contribution >= 4 is 17.5 Å². The van der Waals surface area contributed by atoms with Gasteiger partial charge in [0, 0.05) is 13.2 Å². The summed E-state index contributed by atoms with van der Waals surface area (Å²) >= 11 is 6.03. The highest BCUT2D eigenvalue weighted by Gasteiger charge is 2.11. The van der Waals surface area contributed by atoms with Gasteiger partial charge in [-0.15, -0.1) is 5.10 Å². The van der Waals surface area contributed by atoms with Gasteiger partial charge in [-0.1, -0.05) is 28.9 Å². The van der Waals surface area contributed by atoms with E-state index in [1.165, 1.54) is 10.9 Å². The van der Waals surface area contributed by atoms with E-state index in [1.54, 1.807) is 12.1 Å². The molecule has 0 saturated carbocycles. The zero-order valence-corrected chi connectivity index (χ0v) is 10.8. The van der Waals surface area contributed by atoms with E-state index >= 15 is 0 Å². The zero-order valence-electron chi connectivity index (χ0n) is 10.1. The lowest BCUT2D eigenvalue weighted by atomic mass is 10.3. The van der Waals surface area contributed by atoms with E-state index in [2.05, 4.69) is 15.6 Å². The number of carbonyl (C=O) groups excluding carboxylic acids is 1. The number of halogens is 1. The summed E-state index contributed by atoms with van der Waals surface area (Å²) in [4.78, 5) is 11.7. The first-order valence-corrected chi connectivity index (χ1v) is 6.16. The molecule has 1 aromatic carbocycles. The van der Waals surface area contributed by atoms with E-state index in [9.17, 15) is 4.79 Å². The molecule has 0 fully saturated rings. The first kappa shape index (κ1) is 13.5. The number of aromatic nitrogens is 3. The van der Waals surface area contributed by atoms with E-state index in [0.29, 0.717) is 23.7 Å². The Bertz CT molecular complexity index is 570. The summed E-state index contributed by atoms with van der Waals surface area (Å²) in [6, 6.07) is 7.15. The number of carbonyl (C=O) groups is 1. The van der Waals surface area contributed by atoms with E-state index in [4.69, 9.17) is 16.7 Å². The lowest BCUT2D eigenvalue weighted by Crippen LogP contribution is -2.25. The normalized spacial score (nSPS) is 10.4. The molecule has 2 aromatic rings. The molecule has 0 atom stereocenters. The van der Waals surface area contributed by atoms with E-state index in [-0.39, 0.29) is 18.2 Å². The Balaban J connectivity index is 2.11. The maximum Gasteiger partial charge on any atom is 0.273 e.